The Labute approximate surface area is 395 Å². The van der Waals surface area contributed by atoms with Crippen LogP contribution in [0.5, 0.6) is 0 Å². The van der Waals surface area contributed by atoms with Crippen molar-refractivity contribution in [3.8, 4) is 73.6 Å². The van der Waals surface area contributed by atoms with Gasteiger partial charge in [-0.2, -0.15) is 5.26 Å². The summed E-state index contributed by atoms with van der Waals surface area (Å²) < 4.78 is 2.54. The van der Waals surface area contributed by atoms with Crippen molar-refractivity contribution in [3.63, 3.8) is 0 Å². The molecule has 2 aromatic heterocycles. The Morgan fingerprint density at radius 3 is 1.34 bits per heavy atom. The van der Waals surface area contributed by atoms with E-state index in [0.29, 0.717) is 23.0 Å². The Morgan fingerprint density at radius 1 is 0.403 bits per heavy atom. The highest BCUT2D eigenvalue weighted by molar-refractivity contribution is 7.25. The highest BCUT2D eigenvalue weighted by atomic mass is 32.1. The number of hydrogen-bond acceptors (Lipinski definition) is 5. The van der Waals surface area contributed by atoms with Gasteiger partial charge in [-0.1, -0.05) is 158 Å². The van der Waals surface area contributed by atoms with Gasteiger partial charge in [-0.25, -0.2) is 15.0 Å². The number of rotatable bonds is 8. The molecule has 8 aromatic carbocycles. The summed E-state index contributed by atoms with van der Waals surface area (Å²) in [6.07, 6.45) is 7.90. The summed E-state index contributed by atoms with van der Waals surface area (Å²) in [5.41, 5.74) is 14.5. The van der Waals surface area contributed by atoms with Crippen LogP contribution in [0.15, 0.2) is 194 Å². The molecule has 320 valence electrons. The van der Waals surface area contributed by atoms with Crippen LogP contribution in [0.1, 0.15) is 55.2 Å². The summed E-state index contributed by atoms with van der Waals surface area (Å²) >= 11 is 1.85. The first-order valence-corrected chi connectivity index (χ1v) is 24.4. The lowest BCUT2D eigenvalue weighted by molar-refractivity contribution is -0.0281. The first-order valence-electron chi connectivity index (χ1n) is 23.6. The second-order valence-corrected chi connectivity index (χ2v) is 20.6. The maximum absolute atomic E-state index is 9.20. The highest BCUT2D eigenvalue weighted by Gasteiger charge is 2.58. The maximum atomic E-state index is 9.20. The molecule has 0 saturated heterocycles. The van der Waals surface area contributed by atoms with E-state index in [0.717, 1.165) is 39.7 Å². The molecule has 0 N–H and O–H groups in total. The zero-order chi connectivity index (χ0) is 44.5. The minimum atomic E-state index is 0.234. The second kappa shape index (κ2) is 15.8. The van der Waals surface area contributed by atoms with Gasteiger partial charge in [0.25, 0.3) is 0 Å². The van der Waals surface area contributed by atoms with Crippen molar-refractivity contribution in [2.75, 3.05) is 0 Å². The first-order chi connectivity index (χ1) is 33.0. The van der Waals surface area contributed by atoms with E-state index in [4.69, 9.17) is 15.0 Å². The lowest BCUT2D eigenvalue weighted by atomic mass is 9.41. The standard InChI is InChI=1S/C62H46N4S/c63-38-40-11-13-43(14-12-40)44-15-17-45(18-16-44)46-19-25-52(26-20-46)61-34-41-31-42(35-61)37-62(36-41,39-61)53-27-21-47(22-28-53)50-23-29-54-55-32-51(24-30-56(55)67-57(54)33-50)60-65-58(48-7-3-1-4-8-48)64-59(66-60)49-9-5-2-6-10-49/h1-30,32-33,41-42H,31,34-37,39H2. The number of nitriles is 1. The predicted octanol–water partition coefficient (Wildman–Crippen LogP) is 15.9. The molecule has 0 spiro atoms. The predicted molar refractivity (Wildman–Crippen MR) is 275 cm³/mol. The molecule has 5 heteroatoms. The Kier molecular flexibility index (Phi) is 9.41. The van der Waals surface area contributed by atoms with Crippen LogP contribution in [-0.4, -0.2) is 15.0 Å². The molecule has 4 fully saturated rings. The summed E-state index contributed by atoms with van der Waals surface area (Å²) in [6.45, 7) is 0. The molecule has 14 rings (SSSR count). The largest absolute Gasteiger partial charge is 0.208 e. The van der Waals surface area contributed by atoms with Crippen LogP contribution in [0, 0.1) is 23.2 Å². The molecule has 4 bridgehead atoms. The monoisotopic (exact) mass is 878 g/mol. The molecular weight excluding hydrogens is 833 g/mol. The molecule has 2 unspecified atom stereocenters. The van der Waals surface area contributed by atoms with Crippen molar-refractivity contribution >= 4 is 31.5 Å². The van der Waals surface area contributed by atoms with Gasteiger partial charge in [0, 0.05) is 36.9 Å². The van der Waals surface area contributed by atoms with Gasteiger partial charge in [0.05, 0.1) is 11.6 Å². The second-order valence-electron chi connectivity index (χ2n) is 19.5. The zero-order valence-electron chi connectivity index (χ0n) is 37.1. The quantitative estimate of drug-likeness (QED) is 0.153. The van der Waals surface area contributed by atoms with Crippen LogP contribution in [-0.2, 0) is 10.8 Å². The SMILES string of the molecule is N#Cc1ccc(-c2ccc(-c3ccc(C45CC6CC(C4)CC(c4ccc(-c7ccc8c(c7)sc7ccc(-c9nc(-c%10ccccc%10)nc(-c%10ccccc%10)n9)cc78)cc4)(C6)C5)cc3)cc2)cc1. The van der Waals surface area contributed by atoms with Crippen LogP contribution in [0.2, 0.25) is 0 Å². The van der Waals surface area contributed by atoms with E-state index in [-0.39, 0.29) is 10.8 Å². The molecule has 4 nitrogen and oxygen atoms in total. The molecule has 10 aromatic rings. The van der Waals surface area contributed by atoms with Gasteiger partial charge >= 0.3 is 0 Å². The van der Waals surface area contributed by atoms with E-state index in [1.165, 1.54) is 92.1 Å². The maximum Gasteiger partial charge on any atom is 0.164 e. The van der Waals surface area contributed by atoms with Gasteiger partial charge in [-0.3, -0.25) is 0 Å². The van der Waals surface area contributed by atoms with Crippen molar-refractivity contribution in [3.05, 3.63) is 211 Å². The van der Waals surface area contributed by atoms with Crippen molar-refractivity contribution in [2.24, 2.45) is 11.8 Å². The minimum Gasteiger partial charge on any atom is -0.208 e. The molecule has 2 heterocycles. The third-order valence-electron chi connectivity index (χ3n) is 15.4. The first kappa shape index (κ1) is 39.8. The van der Waals surface area contributed by atoms with Gasteiger partial charge in [0.2, 0.25) is 0 Å². The van der Waals surface area contributed by atoms with Crippen molar-refractivity contribution < 1.29 is 0 Å². The van der Waals surface area contributed by atoms with Gasteiger partial charge in [0.15, 0.2) is 17.5 Å². The molecule has 4 aliphatic rings. The normalized spacial score (nSPS) is 20.6. The summed E-state index contributed by atoms with van der Waals surface area (Å²) in [5, 5.41) is 11.7. The Hall–Kier alpha value is -7.52. The van der Waals surface area contributed by atoms with E-state index < -0.39 is 0 Å². The zero-order valence-corrected chi connectivity index (χ0v) is 37.9. The van der Waals surface area contributed by atoms with Crippen LogP contribution >= 0.6 is 11.3 Å². The Balaban J connectivity index is 0.761. The third-order valence-corrected chi connectivity index (χ3v) is 16.5. The molecular formula is C62H46N4S. The van der Waals surface area contributed by atoms with E-state index in [9.17, 15) is 5.26 Å². The minimum absolute atomic E-state index is 0.234. The van der Waals surface area contributed by atoms with Crippen LogP contribution in [0.25, 0.3) is 87.7 Å². The average molecular weight is 879 g/mol. The lowest BCUT2D eigenvalue weighted by Crippen LogP contribution is -2.55. The molecule has 4 saturated carbocycles. The number of nitrogens with zero attached hydrogens (tertiary/aromatic N) is 4. The van der Waals surface area contributed by atoms with Crippen LogP contribution < -0.4 is 0 Å². The van der Waals surface area contributed by atoms with E-state index in [1.807, 2.05) is 72.0 Å². The molecule has 0 radical (unpaired) electrons. The van der Waals surface area contributed by atoms with Gasteiger partial charge in [-0.05, 0) is 142 Å². The molecule has 2 atom stereocenters. The number of benzene rings is 8. The highest BCUT2D eigenvalue weighted by Crippen LogP contribution is 2.66. The Bertz CT molecular complexity index is 3440. The number of aromatic nitrogens is 3. The fourth-order valence-electron chi connectivity index (χ4n) is 12.6. The van der Waals surface area contributed by atoms with Crippen LogP contribution in [0.3, 0.4) is 0 Å². The number of hydrogen-bond donors (Lipinski definition) is 0. The summed E-state index contributed by atoms with van der Waals surface area (Å²) in [5.74, 6) is 3.59. The lowest BCUT2D eigenvalue weighted by Gasteiger charge is -2.63. The smallest absolute Gasteiger partial charge is 0.164 e. The van der Waals surface area contributed by atoms with Crippen molar-refractivity contribution in [1.29, 1.82) is 5.26 Å². The van der Waals surface area contributed by atoms with E-state index in [1.54, 1.807) is 0 Å². The summed E-state index contributed by atoms with van der Waals surface area (Å²) in [7, 11) is 0. The topological polar surface area (TPSA) is 62.5 Å². The third kappa shape index (κ3) is 7.07. The summed E-state index contributed by atoms with van der Waals surface area (Å²) in [4.78, 5) is 14.9. The van der Waals surface area contributed by atoms with Gasteiger partial charge in [-0.15, -0.1) is 11.3 Å². The van der Waals surface area contributed by atoms with Crippen LogP contribution in [0.4, 0.5) is 0 Å². The van der Waals surface area contributed by atoms with Gasteiger partial charge in [0.1, 0.15) is 0 Å². The van der Waals surface area contributed by atoms with Crippen molar-refractivity contribution in [1.82, 2.24) is 15.0 Å². The number of thiophene rings is 1. The van der Waals surface area contributed by atoms with Gasteiger partial charge < -0.3 is 0 Å². The molecule has 0 amide bonds. The molecule has 0 aliphatic heterocycles. The number of fused-ring (bicyclic) bond motifs is 3. The molecule has 4 aliphatic carbocycles. The fourth-order valence-corrected chi connectivity index (χ4v) is 13.7. The fraction of sp³-hybridized carbons (Fsp3) is 0.161. The van der Waals surface area contributed by atoms with E-state index >= 15 is 0 Å². The summed E-state index contributed by atoms with van der Waals surface area (Å²) in [6, 6.07) is 72.2. The average Bonchev–Trinajstić information content (AvgIpc) is 3.76. The van der Waals surface area contributed by atoms with Crippen molar-refractivity contribution in [2.45, 2.75) is 49.4 Å². The van der Waals surface area contributed by atoms with E-state index in [2.05, 4.69) is 140 Å². The Morgan fingerprint density at radius 2 is 0.836 bits per heavy atom. The molecule has 67 heavy (non-hydrogen) atoms.